The van der Waals surface area contributed by atoms with Gasteiger partial charge in [-0.05, 0) is 17.7 Å². The van der Waals surface area contributed by atoms with E-state index in [0.717, 1.165) is 0 Å². The normalized spacial score (nSPS) is 12.1. The van der Waals surface area contributed by atoms with Crippen molar-refractivity contribution in [3.8, 4) is 6.07 Å². The van der Waals surface area contributed by atoms with Crippen LogP contribution in [0.15, 0.2) is 30.6 Å². The average Bonchev–Trinajstić information content (AvgIpc) is 2.77. The third kappa shape index (κ3) is 2.81. The topological polar surface area (TPSA) is 74.7 Å². The van der Waals surface area contributed by atoms with Crippen molar-refractivity contribution in [3.63, 3.8) is 0 Å². The van der Waals surface area contributed by atoms with Crippen LogP contribution in [-0.2, 0) is 6.54 Å². The molecule has 0 saturated heterocycles. The fraction of sp³-hybridized carbons (Fsp3) is 0.182. The maximum absolute atomic E-state index is 9.95. The number of rotatable bonds is 3. The molecule has 0 aliphatic carbocycles. The van der Waals surface area contributed by atoms with Crippen molar-refractivity contribution in [2.24, 2.45) is 0 Å². The van der Waals surface area contributed by atoms with Crippen LogP contribution in [0.4, 0.5) is 0 Å². The van der Waals surface area contributed by atoms with Crippen molar-refractivity contribution in [1.29, 1.82) is 5.26 Å². The summed E-state index contributed by atoms with van der Waals surface area (Å²) in [5.74, 6) is 0.0864. The summed E-state index contributed by atoms with van der Waals surface area (Å²) in [7, 11) is 0. The monoisotopic (exact) mass is 248 g/mol. The highest BCUT2D eigenvalue weighted by Gasteiger charge is 2.10. The fourth-order valence-corrected chi connectivity index (χ4v) is 1.63. The van der Waals surface area contributed by atoms with Gasteiger partial charge in [-0.1, -0.05) is 23.7 Å². The number of hydrogen-bond acceptors (Lipinski definition) is 4. The minimum Gasteiger partial charge on any atom is -0.386 e. The Kier molecular flexibility index (Phi) is 3.38. The molecule has 1 heterocycles. The summed E-state index contributed by atoms with van der Waals surface area (Å²) >= 11 is 5.83. The van der Waals surface area contributed by atoms with E-state index in [1.54, 1.807) is 24.3 Å². The van der Waals surface area contributed by atoms with E-state index in [2.05, 4.69) is 10.1 Å². The van der Waals surface area contributed by atoms with Gasteiger partial charge in [0.05, 0.1) is 12.6 Å². The third-order valence-electron chi connectivity index (χ3n) is 2.23. The maximum atomic E-state index is 9.95. The van der Waals surface area contributed by atoms with Crippen molar-refractivity contribution < 1.29 is 5.11 Å². The lowest BCUT2D eigenvalue weighted by Gasteiger charge is -2.10. The molecule has 17 heavy (non-hydrogen) atoms. The minimum atomic E-state index is -0.734. The smallest absolute Gasteiger partial charge is 0.252 e. The van der Waals surface area contributed by atoms with Crippen LogP contribution >= 0.6 is 11.6 Å². The second-order valence-electron chi connectivity index (χ2n) is 3.47. The number of aromatic nitrogens is 3. The second kappa shape index (κ2) is 4.95. The van der Waals surface area contributed by atoms with Crippen LogP contribution in [0.5, 0.6) is 0 Å². The van der Waals surface area contributed by atoms with Gasteiger partial charge >= 0.3 is 0 Å². The van der Waals surface area contributed by atoms with Gasteiger partial charge in [0.2, 0.25) is 0 Å². The first kappa shape index (κ1) is 11.6. The summed E-state index contributed by atoms with van der Waals surface area (Å²) in [5, 5.41) is 23.0. The Hall–Kier alpha value is -1.90. The molecule has 2 aromatic rings. The zero-order valence-corrected chi connectivity index (χ0v) is 9.54. The van der Waals surface area contributed by atoms with E-state index in [-0.39, 0.29) is 12.4 Å². The zero-order chi connectivity index (χ0) is 12.3. The standard InChI is InChI=1S/C11H9ClN4O/c12-9-3-1-2-8(4-9)10(17)6-16-7-14-11(5-13)15-16/h1-4,7,10,17H,6H2. The molecule has 0 aliphatic rings. The summed E-state index contributed by atoms with van der Waals surface area (Å²) in [6, 6.07) is 8.79. The van der Waals surface area contributed by atoms with Gasteiger partial charge in [-0.2, -0.15) is 5.26 Å². The van der Waals surface area contributed by atoms with Crippen LogP contribution in [0.1, 0.15) is 17.5 Å². The molecule has 1 aromatic heterocycles. The first-order valence-corrected chi connectivity index (χ1v) is 5.30. The molecular weight excluding hydrogens is 240 g/mol. The number of aliphatic hydroxyl groups excluding tert-OH is 1. The van der Waals surface area contributed by atoms with Gasteiger partial charge in [0, 0.05) is 5.02 Å². The maximum Gasteiger partial charge on any atom is 0.252 e. The van der Waals surface area contributed by atoms with Crippen LogP contribution in [0.3, 0.4) is 0 Å². The Morgan fingerprint density at radius 2 is 2.35 bits per heavy atom. The fourth-order valence-electron chi connectivity index (χ4n) is 1.43. The van der Waals surface area contributed by atoms with E-state index in [0.29, 0.717) is 10.6 Å². The molecule has 86 valence electrons. The molecule has 5 nitrogen and oxygen atoms in total. The second-order valence-corrected chi connectivity index (χ2v) is 3.91. The molecule has 1 N–H and O–H groups in total. The number of aliphatic hydroxyl groups is 1. The van der Waals surface area contributed by atoms with Crippen molar-refractivity contribution in [3.05, 3.63) is 47.0 Å². The number of nitrogens with zero attached hydrogens (tertiary/aromatic N) is 4. The van der Waals surface area contributed by atoms with Crippen LogP contribution in [0.2, 0.25) is 5.02 Å². The molecule has 6 heteroatoms. The van der Waals surface area contributed by atoms with Crippen molar-refractivity contribution in [2.45, 2.75) is 12.6 Å². The summed E-state index contributed by atoms with van der Waals surface area (Å²) in [5.41, 5.74) is 0.700. The number of hydrogen-bond donors (Lipinski definition) is 1. The number of benzene rings is 1. The summed E-state index contributed by atoms with van der Waals surface area (Å²) in [4.78, 5) is 3.75. The highest BCUT2D eigenvalue weighted by Crippen LogP contribution is 2.18. The molecule has 0 fully saturated rings. The highest BCUT2D eigenvalue weighted by atomic mass is 35.5. The summed E-state index contributed by atoms with van der Waals surface area (Å²) < 4.78 is 1.42. The molecule has 0 saturated carbocycles. The van der Waals surface area contributed by atoms with E-state index in [1.807, 2.05) is 6.07 Å². The van der Waals surface area contributed by atoms with Gasteiger partial charge < -0.3 is 5.11 Å². The van der Waals surface area contributed by atoms with E-state index in [1.165, 1.54) is 11.0 Å². The van der Waals surface area contributed by atoms with E-state index < -0.39 is 6.10 Å². The molecule has 0 spiro atoms. The zero-order valence-electron chi connectivity index (χ0n) is 8.79. The molecule has 2 rings (SSSR count). The van der Waals surface area contributed by atoms with Gasteiger partial charge in [-0.3, -0.25) is 0 Å². The van der Waals surface area contributed by atoms with Gasteiger partial charge in [0.1, 0.15) is 12.4 Å². The predicted octanol–water partition coefficient (Wildman–Crippen LogP) is 1.54. The Morgan fingerprint density at radius 1 is 1.53 bits per heavy atom. The molecular formula is C11H9ClN4O. The Balaban J connectivity index is 2.11. The molecule has 0 bridgehead atoms. The van der Waals surface area contributed by atoms with Gasteiger partial charge in [0.15, 0.2) is 0 Å². The van der Waals surface area contributed by atoms with Gasteiger partial charge in [0.25, 0.3) is 5.82 Å². The number of halogens is 1. The lowest BCUT2D eigenvalue weighted by atomic mass is 10.1. The first-order valence-electron chi connectivity index (χ1n) is 4.92. The molecule has 1 atom stereocenters. The number of nitriles is 1. The van der Waals surface area contributed by atoms with Crippen LogP contribution < -0.4 is 0 Å². The molecule has 1 unspecified atom stereocenters. The van der Waals surface area contributed by atoms with Crippen LogP contribution in [0.25, 0.3) is 0 Å². The van der Waals surface area contributed by atoms with Crippen molar-refractivity contribution >= 4 is 11.6 Å². The first-order chi connectivity index (χ1) is 8.19. The van der Waals surface area contributed by atoms with Crippen molar-refractivity contribution in [2.75, 3.05) is 0 Å². The largest absolute Gasteiger partial charge is 0.386 e. The van der Waals surface area contributed by atoms with Gasteiger partial charge in [-0.25, -0.2) is 9.67 Å². The van der Waals surface area contributed by atoms with Crippen molar-refractivity contribution in [1.82, 2.24) is 14.8 Å². The molecule has 0 radical (unpaired) electrons. The quantitative estimate of drug-likeness (QED) is 0.894. The van der Waals surface area contributed by atoms with Gasteiger partial charge in [-0.15, -0.1) is 5.10 Å². The third-order valence-corrected chi connectivity index (χ3v) is 2.47. The van der Waals surface area contributed by atoms with E-state index >= 15 is 0 Å². The van der Waals surface area contributed by atoms with E-state index in [9.17, 15) is 5.11 Å². The van der Waals surface area contributed by atoms with Crippen LogP contribution in [0, 0.1) is 11.3 Å². The Labute approximate surface area is 103 Å². The Bertz CT molecular complexity index is 561. The SMILES string of the molecule is N#Cc1ncn(CC(O)c2cccc(Cl)c2)n1. The minimum absolute atomic E-state index is 0.0864. The lowest BCUT2D eigenvalue weighted by Crippen LogP contribution is -2.09. The highest BCUT2D eigenvalue weighted by molar-refractivity contribution is 6.30. The molecule has 1 aromatic carbocycles. The molecule has 0 aliphatic heterocycles. The summed E-state index contributed by atoms with van der Waals surface area (Å²) in [6.07, 6.45) is 0.675. The summed E-state index contributed by atoms with van der Waals surface area (Å²) in [6.45, 7) is 0.231. The lowest BCUT2D eigenvalue weighted by molar-refractivity contribution is 0.151. The predicted molar refractivity (Wildman–Crippen MR) is 61.1 cm³/mol. The average molecular weight is 249 g/mol. The van der Waals surface area contributed by atoms with Crippen LogP contribution in [-0.4, -0.2) is 19.9 Å². The Morgan fingerprint density at radius 3 is 3.00 bits per heavy atom. The molecule has 0 amide bonds. The van der Waals surface area contributed by atoms with E-state index in [4.69, 9.17) is 16.9 Å².